The Morgan fingerprint density at radius 1 is 1.64 bits per heavy atom. The summed E-state index contributed by atoms with van der Waals surface area (Å²) >= 11 is 11.2. The van der Waals surface area contributed by atoms with Crippen LogP contribution < -0.4 is 5.32 Å². The van der Waals surface area contributed by atoms with Crippen LogP contribution in [0.15, 0.2) is 9.85 Å². The van der Waals surface area contributed by atoms with Crippen LogP contribution in [0.3, 0.4) is 0 Å². The minimum atomic E-state index is 0.498. The van der Waals surface area contributed by atoms with Crippen LogP contribution >= 0.6 is 38.9 Å². The third kappa shape index (κ3) is 2.01. The summed E-state index contributed by atoms with van der Waals surface area (Å²) in [5.41, 5.74) is 0. The summed E-state index contributed by atoms with van der Waals surface area (Å²) in [5.74, 6) is 0.807. The molecule has 1 aromatic rings. The average molecular weight is 295 g/mol. The number of halogens is 2. The van der Waals surface area contributed by atoms with Gasteiger partial charge in [0.15, 0.2) is 0 Å². The highest BCUT2D eigenvalue weighted by Gasteiger charge is 2.28. The quantitative estimate of drug-likeness (QED) is 0.880. The molecule has 1 aliphatic rings. The molecule has 0 aromatic carbocycles. The highest BCUT2D eigenvalue weighted by atomic mass is 79.9. The Balaban J connectivity index is 2.17. The Kier molecular flexibility index (Phi) is 3.53. The van der Waals surface area contributed by atoms with Crippen molar-refractivity contribution in [3.63, 3.8) is 0 Å². The van der Waals surface area contributed by atoms with Crippen LogP contribution in [-0.2, 0) is 0 Å². The van der Waals surface area contributed by atoms with E-state index in [0.717, 1.165) is 14.7 Å². The Hall–Kier alpha value is 0.430. The Labute approximate surface area is 102 Å². The lowest BCUT2D eigenvalue weighted by molar-refractivity contribution is 0.242. The van der Waals surface area contributed by atoms with Crippen LogP contribution in [0.2, 0.25) is 5.02 Å². The highest BCUT2D eigenvalue weighted by molar-refractivity contribution is 9.11. The van der Waals surface area contributed by atoms with E-state index in [2.05, 4.69) is 27.3 Å². The smallest absolute Gasteiger partial charge is 0.0887 e. The van der Waals surface area contributed by atoms with E-state index < -0.39 is 0 Å². The third-order valence-electron chi connectivity index (χ3n) is 2.90. The first-order valence-corrected chi connectivity index (χ1v) is 6.83. The van der Waals surface area contributed by atoms with E-state index in [4.69, 9.17) is 11.6 Å². The van der Waals surface area contributed by atoms with Gasteiger partial charge in [0.2, 0.25) is 0 Å². The standard InChI is InChI=1S/C10H13BrClNS/c1-13-9(6-3-2-4-6)8-5-7(12)10(11)14-8/h5-6,9,13H,2-4H2,1H3. The van der Waals surface area contributed by atoms with Crippen molar-refractivity contribution in [3.8, 4) is 0 Å². The fourth-order valence-corrected chi connectivity index (χ4v) is 3.85. The average Bonchev–Trinajstić information content (AvgIpc) is 2.39. The van der Waals surface area contributed by atoms with Crippen LogP contribution in [0.1, 0.15) is 30.2 Å². The van der Waals surface area contributed by atoms with Gasteiger partial charge in [-0.3, -0.25) is 0 Å². The maximum absolute atomic E-state index is 6.03. The van der Waals surface area contributed by atoms with Gasteiger partial charge in [0.05, 0.1) is 8.81 Å². The van der Waals surface area contributed by atoms with Crippen LogP contribution in [0, 0.1) is 5.92 Å². The number of rotatable bonds is 3. The molecule has 0 spiro atoms. The van der Waals surface area contributed by atoms with Gasteiger partial charge in [-0.15, -0.1) is 11.3 Å². The monoisotopic (exact) mass is 293 g/mol. The fourth-order valence-electron chi connectivity index (χ4n) is 1.90. The second-order valence-corrected chi connectivity index (χ2v) is 6.54. The second kappa shape index (κ2) is 4.52. The molecule has 1 heterocycles. The molecule has 0 aliphatic heterocycles. The van der Waals surface area contributed by atoms with Crippen LogP contribution in [-0.4, -0.2) is 7.05 Å². The van der Waals surface area contributed by atoms with Crippen LogP contribution in [0.5, 0.6) is 0 Å². The Morgan fingerprint density at radius 2 is 2.36 bits per heavy atom. The molecule has 1 unspecified atom stereocenters. The molecule has 0 bridgehead atoms. The van der Waals surface area contributed by atoms with Crippen molar-refractivity contribution in [2.75, 3.05) is 7.05 Å². The first-order valence-electron chi connectivity index (χ1n) is 4.84. The van der Waals surface area contributed by atoms with Gasteiger partial charge in [-0.1, -0.05) is 18.0 Å². The molecule has 0 amide bonds. The van der Waals surface area contributed by atoms with Gasteiger partial charge in [-0.05, 0) is 47.8 Å². The summed E-state index contributed by atoms with van der Waals surface area (Å²) in [5, 5.41) is 4.23. The van der Waals surface area contributed by atoms with Crippen molar-refractivity contribution in [1.82, 2.24) is 5.32 Å². The van der Waals surface area contributed by atoms with E-state index in [1.165, 1.54) is 24.1 Å². The van der Waals surface area contributed by atoms with Gasteiger partial charge >= 0.3 is 0 Å². The molecule has 4 heteroatoms. The summed E-state index contributed by atoms with van der Waals surface area (Å²) < 4.78 is 1.05. The molecular weight excluding hydrogens is 282 g/mol. The van der Waals surface area contributed by atoms with Crippen LogP contribution in [0.25, 0.3) is 0 Å². The molecule has 1 N–H and O–H groups in total. The molecule has 1 aliphatic carbocycles. The molecule has 0 radical (unpaired) electrons. The van der Waals surface area contributed by atoms with E-state index >= 15 is 0 Å². The maximum Gasteiger partial charge on any atom is 0.0887 e. The van der Waals surface area contributed by atoms with Crippen molar-refractivity contribution < 1.29 is 0 Å². The predicted octanol–water partition coefficient (Wildman–Crippen LogP) is 4.22. The van der Waals surface area contributed by atoms with E-state index in [1.54, 1.807) is 11.3 Å². The SMILES string of the molecule is CNC(c1cc(Cl)c(Br)s1)C1CCC1. The zero-order valence-electron chi connectivity index (χ0n) is 8.02. The maximum atomic E-state index is 6.03. The van der Waals surface area contributed by atoms with Crippen LogP contribution in [0.4, 0.5) is 0 Å². The Bertz CT molecular complexity index is 302. The number of hydrogen-bond acceptors (Lipinski definition) is 2. The molecule has 0 saturated heterocycles. The molecule has 1 fully saturated rings. The number of thiophene rings is 1. The summed E-state index contributed by atoms with van der Waals surface area (Å²) in [6.07, 6.45) is 4.07. The molecular formula is C10H13BrClNS. The normalized spacial score (nSPS) is 19.4. The van der Waals surface area contributed by atoms with Gasteiger partial charge in [-0.2, -0.15) is 0 Å². The highest BCUT2D eigenvalue weighted by Crippen LogP contribution is 2.43. The summed E-state index contributed by atoms with van der Waals surface area (Å²) in [4.78, 5) is 1.36. The van der Waals surface area contributed by atoms with Gasteiger partial charge in [-0.25, -0.2) is 0 Å². The van der Waals surface area contributed by atoms with Crippen molar-refractivity contribution in [2.45, 2.75) is 25.3 Å². The number of hydrogen-bond donors (Lipinski definition) is 1. The minimum Gasteiger partial charge on any atom is -0.312 e. The van der Waals surface area contributed by atoms with Crippen molar-refractivity contribution in [1.29, 1.82) is 0 Å². The van der Waals surface area contributed by atoms with Gasteiger partial charge < -0.3 is 5.32 Å². The summed E-state index contributed by atoms with van der Waals surface area (Å²) in [6.45, 7) is 0. The summed E-state index contributed by atoms with van der Waals surface area (Å²) in [7, 11) is 2.03. The topological polar surface area (TPSA) is 12.0 Å². The minimum absolute atomic E-state index is 0.498. The molecule has 2 rings (SSSR count). The Morgan fingerprint density at radius 3 is 2.71 bits per heavy atom. The second-order valence-electron chi connectivity index (χ2n) is 3.73. The summed E-state index contributed by atoms with van der Waals surface area (Å²) in [6, 6.07) is 2.58. The first kappa shape index (κ1) is 10.9. The van der Waals surface area contributed by atoms with Gasteiger partial charge in [0, 0.05) is 10.9 Å². The predicted molar refractivity (Wildman–Crippen MR) is 66.2 cm³/mol. The lowest BCUT2D eigenvalue weighted by Crippen LogP contribution is -2.28. The van der Waals surface area contributed by atoms with Gasteiger partial charge in [0.25, 0.3) is 0 Å². The van der Waals surface area contributed by atoms with E-state index in [1.807, 2.05) is 7.05 Å². The zero-order chi connectivity index (χ0) is 10.1. The van der Waals surface area contributed by atoms with Crippen molar-refractivity contribution in [3.05, 3.63) is 19.8 Å². The molecule has 1 aromatic heterocycles. The van der Waals surface area contributed by atoms with E-state index in [0.29, 0.717) is 6.04 Å². The lowest BCUT2D eigenvalue weighted by Gasteiger charge is -2.32. The first-order chi connectivity index (χ1) is 6.72. The molecule has 1 nitrogen and oxygen atoms in total. The molecule has 1 saturated carbocycles. The van der Waals surface area contributed by atoms with E-state index in [-0.39, 0.29) is 0 Å². The molecule has 1 atom stereocenters. The molecule has 78 valence electrons. The van der Waals surface area contributed by atoms with Crippen molar-refractivity contribution in [2.24, 2.45) is 5.92 Å². The van der Waals surface area contributed by atoms with Crippen molar-refractivity contribution >= 4 is 38.9 Å². The lowest BCUT2D eigenvalue weighted by atomic mass is 9.79. The van der Waals surface area contributed by atoms with E-state index in [9.17, 15) is 0 Å². The largest absolute Gasteiger partial charge is 0.312 e. The third-order valence-corrected chi connectivity index (χ3v) is 5.46. The molecule has 14 heavy (non-hydrogen) atoms. The fraction of sp³-hybridized carbons (Fsp3) is 0.600. The zero-order valence-corrected chi connectivity index (χ0v) is 11.2. The number of nitrogens with one attached hydrogen (secondary N) is 1. The van der Waals surface area contributed by atoms with Gasteiger partial charge in [0.1, 0.15) is 0 Å².